The average Bonchev–Trinajstić information content (AvgIpc) is 3.32. The lowest BCUT2D eigenvalue weighted by atomic mass is 10.1. The normalized spacial score (nSPS) is 15.9. The van der Waals surface area contributed by atoms with Gasteiger partial charge in [-0.05, 0) is 62.4 Å². The van der Waals surface area contributed by atoms with Crippen molar-refractivity contribution in [2.45, 2.75) is 64.7 Å². The van der Waals surface area contributed by atoms with Gasteiger partial charge in [0, 0.05) is 36.8 Å². The molecule has 0 spiro atoms. The standard InChI is InChI=1S/C28H28Cl2F3N5O4/c1-2-36-25-22(26(39)37(27(36)40)13-5-15-42-21-6-3-4-14-41-21)38(16-17-7-9-18(29)10-8-17)24(35-25)19-11-12-20(30)34-23(19)28(31,32)33/h7-12,21H,2-6,13-16H2,1H3. The van der Waals surface area contributed by atoms with Crippen molar-refractivity contribution in [1.29, 1.82) is 0 Å². The van der Waals surface area contributed by atoms with Crippen LogP contribution in [0.1, 0.15) is 43.9 Å². The van der Waals surface area contributed by atoms with Crippen molar-refractivity contribution in [2.75, 3.05) is 13.2 Å². The molecule has 0 bridgehead atoms. The lowest BCUT2D eigenvalue weighted by molar-refractivity contribution is -0.163. The quantitative estimate of drug-likeness (QED) is 0.174. The lowest BCUT2D eigenvalue weighted by Crippen LogP contribution is -2.40. The molecule has 9 nitrogen and oxygen atoms in total. The molecule has 42 heavy (non-hydrogen) atoms. The topological polar surface area (TPSA) is 93.2 Å². The Kier molecular flexibility index (Phi) is 9.07. The summed E-state index contributed by atoms with van der Waals surface area (Å²) in [6.07, 6.45) is -2.07. The number of imidazole rings is 1. The Morgan fingerprint density at radius 2 is 1.79 bits per heavy atom. The van der Waals surface area contributed by atoms with Crippen molar-refractivity contribution < 1.29 is 22.6 Å². The van der Waals surface area contributed by atoms with Crippen LogP contribution in [0.5, 0.6) is 0 Å². The van der Waals surface area contributed by atoms with E-state index >= 15 is 0 Å². The van der Waals surface area contributed by atoms with E-state index in [0.29, 0.717) is 23.6 Å². The van der Waals surface area contributed by atoms with Gasteiger partial charge in [0.1, 0.15) is 11.0 Å². The maximum Gasteiger partial charge on any atom is 0.434 e. The summed E-state index contributed by atoms with van der Waals surface area (Å²) < 4.78 is 57.4. The van der Waals surface area contributed by atoms with E-state index in [4.69, 9.17) is 32.7 Å². The summed E-state index contributed by atoms with van der Waals surface area (Å²) in [4.78, 5) is 35.3. The van der Waals surface area contributed by atoms with Gasteiger partial charge in [-0.1, -0.05) is 35.3 Å². The van der Waals surface area contributed by atoms with E-state index in [9.17, 15) is 22.8 Å². The van der Waals surface area contributed by atoms with Crippen molar-refractivity contribution in [3.05, 3.63) is 78.7 Å². The summed E-state index contributed by atoms with van der Waals surface area (Å²) in [6, 6.07) is 9.05. The maximum absolute atomic E-state index is 14.1. The number of aryl methyl sites for hydroxylation is 1. The summed E-state index contributed by atoms with van der Waals surface area (Å²) in [7, 11) is 0. The van der Waals surface area contributed by atoms with Gasteiger partial charge < -0.3 is 14.0 Å². The van der Waals surface area contributed by atoms with Crippen molar-refractivity contribution in [3.63, 3.8) is 0 Å². The van der Waals surface area contributed by atoms with Crippen LogP contribution < -0.4 is 11.2 Å². The van der Waals surface area contributed by atoms with Gasteiger partial charge in [0.05, 0.1) is 6.61 Å². The summed E-state index contributed by atoms with van der Waals surface area (Å²) in [5.41, 5.74) is -2.30. The Morgan fingerprint density at radius 3 is 2.45 bits per heavy atom. The van der Waals surface area contributed by atoms with E-state index in [1.807, 2.05) is 0 Å². The number of hydrogen-bond donors (Lipinski definition) is 0. The molecule has 4 aromatic rings. The number of rotatable bonds is 9. The van der Waals surface area contributed by atoms with Crippen LogP contribution in [0.25, 0.3) is 22.6 Å². The predicted octanol–water partition coefficient (Wildman–Crippen LogP) is 5.75. The number of halogens is 5. The first-order chi connectivity index (χ1) is 20.1. The zero-order valence-corrected chi connectivity index (χ0v) is 24.2. The molecule has 0 saturated carbocycles. The molecule has 1 aliphatic rings. The van der Waals surface area contributed by atoms with Gasteiger partial charge in [0.25, 0.3) is 5.56 Å². The Morgan fingerprint density at radius 1 is 1.02 bits per heavy atom. The van der Waals surface area contributed by atoms with Crippen LogP contribution >= 0.6 is 23.2 Å². The second-order valence-corrected chi connectivity index (χ2v) is 10.7. The molecule has 1 aromatic carbocycles. The molecule has 1 fully saturated rings. The number of aromatic nitrogens is 5. The van der Waals surface area contributed by atoms with Gasteiger partial charge >= 0.3 is 11.9 Å². The minimum absolute atomic E-state index is 0.0130. The third-order valence-corrected chi connectivity index (χ3v) is 7.49. The molecule has 3 aromatic heterocycles. The second kappa shape index (κ2) is 12.6. The first kappa shape index (κ1) is 30.3. The highest BCUT2D eigenvalue weighted by Crippen LogP contribution is 2.37. The van der Waals surface area contributed by atoms with E-state index in [2.05, 4.69) is 9.97 Å². The van der Waals surface area contributed by atoms with Crippen LogP contribution in [0.4, 0.5) is 13.2 Å². The molecule has 0 radical (unpaired) electrons. The number of benzene rings is 1. The molecule has 0 amide bonds. The van der Waals surface area contributed by atoms with Crippen molar-refractivity contribution in [1.82, 2.24) is 23.7 Å². The molecule has 5 rings (SSSR count). The minimum atomic E-state index is -4.86. The summed E-state index contributed by atoms with van der Waals surface area (Å²) in [5, 5.41) is 0.124. The molecular formula is C28H28Cl2F3N5O4. The number of pyridine rings is 1. The SMILES string of the molecule is CCn1c(=O)n(CCCOC2CCCCO2)c(=O)c2c1nc(-c1ccc(Cl)nc1C(F)(F)F)n2Cc1ccc(Cl)cc1. The van der Waals surface area contributed by atoms with Crippen LogP contribution in [0.2, 0.25) is 10.2 Å². The number of ether oxygens (including phenoxy) is 2. The van der Waals surface area contributed by atoms with Crippen molar-refractivity contribution in [2.24, 2.45) is 0 Å². The van der Waals surface area contributed by atoms with Gasteiger partial charge in [-0.25, -0.2) is 14.8 Å². The van der Waals surface area contributed by atoms with E-state index in [1.165, 1.54) is 15.2 Å². The molecule has 1 saturated heterocycles. The van der Waals surface area contributed by atoms with Crippen LogP contribution in [-0.4, -0.2) is 43.2 Å². The van der Waals surface area contributed by atoms with Crippen molar-refractivity contribution >= 4 is 34.4 Å². The minimum Gasteiger partial charge on any atom is -0.353 e. The molecule has 1 aliphatic heterocycles. The highest BCUT2D eigenvalue weighted by Gasteiger charge is 2.38. The number of alkyl halides is 3. The van der Waals surface area contributed by atoms with E-state index in [0.717, 1.165) is 29.9 Å². The van der Waals surface area contributed by atoms with Crippen LogP contribution in [0.3, 0.4) is 0 Å². The fourth-order valence-electron chi connectivity index (χ4n) is 5.02. The van der Waals surface area contributed by atoms with Gasteiger partial charge in [0.15, 0.2) is 23.1 Å². The van der Waals surface area contributed by atoms with Crippen LogP contribution in [-0.2, 0) is 35.3 Å². The predicted molar refractivity (Wildman–Crippen MR) is 152 cm³/mol. The third kappa shape index (κ3) is 6.26. The highest BCUT2D eigenvalue weighted by atomic mass is 35.5. The summed E-state index contributed by atoms with van der Waals surface area (Å²) in [6.45, 7) is 2.73. The van der Waals surface area contributed by atoms with E-state index in [-0.39, 0.29) is 60.2 Å². The fourth-order valence-corrected chi connectivity index (χ4v) is 5.29. The molecular weight excluding hydrogens is 598 g/mol. The Hall–Kier alpha value is -3.19. The summed E-state index contributed by atoms with van der Waals surface area (Å²) >= 11 is 11.9. The highest BCUT2D eigenvalue weighted by molar-refractivity contribution is 6.30. The first-order valence-corrected chi connectivity index (χ1v) is 14.3. The smallest absolute Gasteiger partial charge is 0.353 e. The molecule has 224 valence electrons. The van der Waals surface area contributed by atoms with Gasteiger partial charge in [-0.15, -0.1) is 0 Å². The van der Waals surface area contributed by atoms with Crippen LogP contribution in [0, 0.1) is 0 Å². The number of fused-ring (bicyclic) bond motifs is 1. The zero-order valence-electron chi connectivity index (χ0n) is 22.7. The van der Waals surface area contributed by atoms with Crippen LogP contribution in [0.15, 0.2) is 46.0 Å². The average molecular weight is 626 g/mol. The fraction of sp³-hybridized carbons (Fsp3) is 0.429. The number of hydrogen-bond acceptors (Lipinski definition) is 6. The summed E-state index contributed by atoms with van der Waals surface area (Å²) in [5.74, 6) is -0.175. The van der Waals surface area contributed by atoms with Gasteiger partial charge in [-0.3, -0.25) is 13.9 Å². The van der Waals surface area contributed by atoms with Gasteiger partial charge in [-0.2, -0.15) is 13.2 Å². The Balaban J connectivity index is 1.65. The molecule has 1 atom stereocenters. The molecule has 0 aliphatic carbocycles. The molecule has 4 heterocycles. The second-order valence-electron chi connectivity index (χ2n) is 9.85. The maximum atomic E-state index is 14.1. The van der Waals surface area contributed by atoms with Gasteiger partial charge in [0.2, 0.25) is 0 Å². The zero-order chi connectivity index (χ0) is 30.0. The van der Waals surface area contributed by atoms with E-state index < -0.39 is 23.1 Å². The Bertz CT molecular complexity index is 1690. The van der Waals surface area contributed by atoms with Crippen molar-refractivity contribution in [3.8, 4) is 11.4 Å². The molecule has 1 unspecified atom stereocenters. The molecule has 14 heteroatoms. The molecule has 0 N–H and O–H groups in total. The third-order valence-electron chi connectivity index (χ3n) is 7.02. The monoisotopic (exact) mass is 625 g/mol. The first-order valence-electron chi connectivity index (χ1n) is 13.5. The number of nitrogens with zero attached hydrogens (tertiary/aromatic N) is 5. The van der Waals surface area contributed by atoms with E-state index in [1.54, 1.807) is 31.2 Å². The lowest BCUT2D eigenvalue weighted by Gasteiger charge is -2.22. The largest absolute Gasteiger partial charge is 0.434 e. The Labute approximate surface area is 248 Å².